The van der Waals surface area contributed by atoms with E-state index in [-0.39, 0.29) is 17.7 Å². The number of nitrogens with zero attached hydrogens (tertiary/aromatic N) is 2. The summed E-state index contributed by atoms with van der Waals surface area (Å²) in [5, 5.41) is 0. The average molecular weight is 229 g/mol. The Balaban J connectivity index is 3.13. The van der Waals surface area contributed by atoms with Crippen molar-refractivity contribution in [1.29, 1.82) is 0 Å². The van der Waals surface area contributed by atoms with Crippen LogP contribution in [0.1, 0.15) is 27.2 Å². The molecule has 1 aromatic heterocycles. The molecule has 0 fully saturated rings. The lowest BCUT2D eigenvalue weighted by atomic mass is 10.2. The Morgan fingerprint density at radius 1 is 1.38 bits per heavy atom. The molecule has 0 saturated heterocycles. The predicted molar refractivity (Wildman–Crippen MR) is 61.3 cm³/mol. The lowest BCUT2D eigenvalue weighted by Crippen LogP contribution is -2.33. The van der Waals surface area contributed by atoms with E-state index >= 15 is 0 Å². The maximum absolute atomic E-state index is 13.6. The van der Waals surface area contributed by atoms with Crippen LogP contribution in [0.4, 0.5) is 20.4 Å². The van der Waals surface area contributed by atoms with Crippen molar-refractivity contribution in [3.8, 4) is 0 Å². The van der Waals surface area contributed by atoms with E-state index in [1.807, 2.05) is 20.8 Å². The lowest BCUT2D eigenvalue weighted by molar-refractivity contribution is 0.559. The first-order valence-corrected chi connectivity index (χ1v) is 5.35. The quantitative estimate of drug-likeness (QED) is 0.862. The molecule has 0 amide bonds. The summed E-state index contributed by atoms with van der Waals surface area (Å²) in [4.78, 5) is 5.54. The molecule has 2 N–H and O–H groups in total. The average Bonchev–Trinajstić information content (AvgIpc) is 2.20. The molecule has 0 bridgehead atoms. The van der Waals surface area contributed by atoms with Crippen LogP contribution in [0.2, 0.25) is 0 Å². The largest absolute Gasteiger partial charge is 0.381 e. The van der Waals surface area contributed by atoms with Crippen LogP contribution in [0.25, 0.3) is 0 Å². The summed E-state index contributed by atoms with van der Waals surface area (Å²) >= 11 is 0. The van der Waals surface area contributed by atoms with Gasteiger partial charge in [-0.3, -0.25) is 0 Å². The Kier molecular flexibility index (Phi) is 4.04. The summed E-state index contributed by atoms with van der Waals surface area (Å²) in [5.41, 5.74) is 5.34. The van der Waals surface area contributed by atoms with Gasteiger partial charge in [-0.2, -0.15) is 0 Å². The molecule has 3 nitrogen and oxygen atoms in total. The van der Waals surface area contributed by atoms with Gasteiger partial charge in [0.25, 0.3) is 0 Å². The van der Waals surface area contributed by atoms with Crippen molar-refractivity contribution in [2.45, 2.75) is 33.2 Å². The minimum absolute atomic E-state index is 0.0896. The molecule has 0 saturated carbocycles. The Morgan fingerprint density at radius 3 is 2.50 bits per heavy atom. The number of hydrogen-bond donors (Lipinski definition) is 1. The fourth-order valence-corrected chi connectivity index (χ4v) is 1.52. The van der Waals surface area contributed by atoms with Crippen molar-refractivity contribution in [2.75, 3.05) is 17.2 Å². The second kappa shape index (κ2) is 5.09. The van der Waals surface area contributed by atoms with E-state index in [1.54, 1.807) is 4.90 Å². The van der Waals surface area contributed by atoms with E-state index in [0.29, 0.717) is 6.54 Å². The Bertz CT molecular complexity index is 366. The van der Waals surface area contributed by atoms with Crippen LogP contribution in [0.5, 0.6) is 0 Å². The first-order valence-electron chi connectivity index (χ1n) is 5.35. The number of nitrogens with two attached hydrogens (primary N) is 1. The highest BCUT2D eigenvalue weighted by Crippen LogP contribution is 2.22. The van der Waals surface area contributed by atoms with Crippen molar-refractivity contribution in [3.05, 3.63) is 17.7 Å². The van der Waals surface area contributed by atoms with Crippen LogP contribution in [0.15, 0.2) is 6.07 Å². The molecule has 0 aromatic carbocycles. The second-order valence-corrected chi connectivity index (χ2v) is 3.95. The highest BCUT2D eigenvalue weighted by atomic mass is 19.1. The van der Waals surface area contributed by atoms with Gasteiger partial charge in [-0.15, -0.1) is 0 Å². The van der Waals surface area contributed by atoms with Crippen molar-refractivity contribution < 1.29 is 8.78 Å². The lowest BCUT2D eigenvalue weighted by Gasteiger charge is -2.27. The first-order chi connectivity index (χ1) is 7.47. The third-order valence-electron chi connectivity index (χ3n) is 2.30. The maximum atomic E-state index is 13.6. The first kappa shape index (κ1) is 12.7. The molecule has 0 radical (unpaired) electrons. The molecule has 0 aliphatic rings. The van der Waals surface area contributed by atoms with Crippen molar-refractivity contribution in [2.24, 2.45) is 0 Å². The van der Waals surface area contributed by atoms with Crippen LogP contribution >= 0.6 is 0 Å². The van der Waals surface area contributed by atoms with E-state index < -0.39 is 11.6 Å². The van der Waals surface area contributed by atoms with E-state index in [0.717, 1.165) is 12.5 Å². The van der Waals surface area contributed by atoms with Crippen LogP contribution in [-0.2, 0) is 0 Å². The van der Waals surface area contributed by atoms with E-state index in [2.05, 4.69) is 4.98 Å². The van der Waals surface area contributed by atoms with Gasteiger partial charge < -0.3 is 10.6 Å². The second-order valence-electron chi connectivity index (χ2n) is 3.95. The smallest absolute Gasteiger partial charge is 0.168 e. The van der Waals surface area contributed by atoms with E-state index in [1.165, 1.54) is 0 Å². The molecule has 0 aliphatic carbocycles. The molecule has 16 heavy (non-hydrogen) atoms. The van der Waals surface area contributed by atoms with Crippen LogP contribution in [0, 0.1) is 11.6 Å². The predicted octanol–water partition coefficient (Wildman–Crippen LogP) is 2.57. The van der Waals surface area contributed by atoms with Gasteiger partial charge in [0.15, 0.2) is 23.3 Å². The standard InChI is InChI=1S/C11H17F2N3/c1-4-5-16(7(2)3)11-9(13)6-8(12)10(14)15-11/h6-7H,4-5H2,1-3H3,(H2,14,15). The normalized spacial score (nSPS) is 10.9. The van der Waals surface area contributed by atoms with Crippen molar-refractivity contribution >= 4 is 11.6 Å². The van der Waals surface area contributed by atoms with Gasteiger partial charge in [-0.25, -0.2) is 13.8 Å². The SMILES string of the molecule is CCCN(c1nc(N)c(F)cc1F)C(C)C. The van der Waals surface area contributed by atoms with E-state index in [9.17, 15) is 8.78 Å². The third-order valence-corrected chi connectivity index (χ3v) is 2.30. The molecule has 0 aliphatic heterocycles. The van der Waals surface area contributed by atoms with Gasteiger partial charge >= 0.3 is 0 Å². The molecule has 0 unspecified atom stereocenters. The molecule has 5 heteroatoms. The zero-order valence-electron chi connectivity index (χ0n) is 9.80. The Hall–Kier alpha value is -1.39. The maximum Gasteiger partial charge on any atom is 0.168 e. The summed E-state index contributed by atoms with van der Waals surface area (Å²) in [6, 6.07) is 0.870. The van der Waals surface area contributed by atoms with Gasteiger partial charge in [0, 0.05) is 18.7 Å². The number of hydrogen-bond acceptors (Lipinski definition) is 3. The summed E-state index contributed by atoms with van der Waals surface area (Å²) in [5.74, 6) is -1.63. The topological polar surface area (TPSA) is 42.2 Å². The number of nitrogen functional groups attached to an aromatic ring is 1. The minimum Gasteiger partial charge on any atom is -0.381 e. The van der Waals surface area contributed by atoms with Gasteiger partial charge in [0.1, 0.15) is 0 Å². The minimum atomic E-state index is -0.818. The highest BCUT2D eigenvalue weighted by molar-refractivity contribution is 5.47. The fourth-order valence-electron chi connectivity index (χ4n) is 1.52. The molecule has 1 heterocycles. The number of halogens is 2. The van der Waals surface area contributed by atoms with Gasteiger partial charge in [-0.05, 0) is 20.3 Å². The van der Waals surface area contributed by atoms with Crippen LogP contribution in [0.3, 0.4) is 0 Å². The molecular weight excluding hydrogens is 212 g/mol. The highest BCUT2D eigenvalue weighted by Gasteiger charge is 2.18. The third kappa shape index (κ3) is 2.59. The van der Waals surface area contributed by atoms with Crippen molar-refractivity contribution in [3.63, 3.8) is 0 Å². The number of anilines is 2. The van der Waals surface area contributed by atoms with Crippen molar-refractivity contribution in [1.82, 2.24) is 4.98 Å². The molecule has 0 atom stereocenters. The summed E-state index contributed by atoms with van der Waals surface area (Å²) in [6.45, 7) is 6.50. The van der Waals surface area contributed by atoms with Crippen LogP contribution in [-0.4, -0.2) is 17.6 Å². The molecule has 1 aromatic rings. The van der Waals surface area contributed by atoms with Gasteiger partial charge in [0.2, 0.25) is 0 Å². The zero-order chi connectivity index (χ0) is 12.3. The van der Waals surface area contributed by atoms with Crippen LogP contribution < -0.4 is 10.6 Å². The number of rotatable bonds is 4. The molecule has 0 spiro atoms. The molecule has 90 valence electrons. The molecule has 1 rings (SSSR count). The zero-order valence-corrected chi connectivity index (χ0v) is 9.80. The number of aromatic nitrogens is 1. The Labute approximate surface area is 94.3 Å². The molecular formula is C11H17F2N3. The number of pyridine rings is 1. The fraction of sp³-hybridized carbons (Fsp3) is 0.545. The Morgan fingerprint density at radius 2 is 2.00 bits per heavy atom. The summed E-state index contributed by atoms with van der Waals surface area (Å²) < 4.78 is 26.5. The summed E-state index contributed by atoms with van der Waals surface area (Å²) in [7, 11) is 0. The van der Waals surface area contributed by atoms with E-state index in [4.69, 9.17) is 5.73 Å². The summed E-state index contributed by atoms with van der Waals surface area (Å²) in [6.07, 6.45) is 0.858. The monoisotopic (exact) mass is 229 g/mol. The van der Waals surface area contributed by atoms with Gasteiger partial charge in [-0.1, -0.05) is 6.92 Å². The van der Waals surface area contributed by atoms with Gasteiger partial charge in [0.05, 0.1) is 0 Å².